The van der Waals surface area contributed by atoms with Crippen molar-refractivity contribution in [3.8, 4) is 16.9 Å². The standard InChI is InChI=1S/C47H57ClFN5O8SSi/c1-9-38-43(37(51-52(38)6)18-14-26-53(27-29-62-64(7,8)47(3,4)5)63(58,59)41-21-12-11-19-39(41)54(56)57)42-36(48)25-24-35-34(45(50-44(35)42)46(55)60-10-2)17-15-28-61-40-20-13-16-31-30-32(49)22-23-33(31)40/h11-13,16,19-25,30,50H,9-10,14-15,17-18,26-29H2,1-8H3. The molecule has 64 heavy (non-hydrogen) atoms. The highest BCUT2D eigenvalue weighted by atomic mass is 35.5. The highest BCUT2D eigenvalue weighted by Gasteiger charge is 2.38. The number of H-pyrrole nitrogens is 1. The van der Waals surface area contributed by atoms with Crippen LogP contribution in [0.1, 0.15) is 74.9 Å². The molecule has 0 atom stereocenters. The first kappa shape index (κ1) is 48.3. The lowest BCUT2D eigenvalue weighted by atomic mass is 9.96. The van der Waals surface area contributed by atoms with Gasteiger partial charge in [0.1, 0.15) is 17.3 Å². The number of halogens is 2. The fourth-order valence-corrected chi connectivity index (χ4v) is 10.7. The number of nitrogens with one attached hydrogen (secondary N) is 1. The van der Waals surface area contributed by atoms with Gasteiger partial charge >= 0.3 is 5.97 Å². The Bertz CT molecular complexity index is 2790. The summed E-state index contributed by atoms with van der Waals surface area (Å²) in [7, 11) is -4.74. The predicted molar refractivity (Wildman–Crippen MR) is 252 cm³/mol. The number of carbonyl (C=O) groups is 1. The summed E-state index contributed by atoms with van der Waals surface area (Å²) in [5.41, 5.74) is 4.17. The Morgan fingerprint density at radius 1 is 0.969 bits per heavy atom. The van der Waals surface area contributed by atoms with Crippen LogP contribution in [-0.4, -0.2) is 79.6 Å². The van der Waals surface area contributed by atoms with Crippen molar-refractivity contribution in [2.24, 2.45) is 7.05 Å². The molecule has 0 unspecified atom stereocenters. The average Bonchev–Trinajstić information content (AvgIpc) is 3.77. The summed E-state index contributed by atoms with van der Waals surface area (Å²) in [5.74, 6) is -0.199. The van der Waals surface area contributed by atoms with E-state index in [9.17, 15) is 27.7 Å². The summed E-state index contributed by atoms with van der Waals surface area (Å²) in [6.45, 7) is 14.9. The van der Waals surface area contributed by atoms with E-state index in [4.69, 9.17) is 30.6 Å². The van der Waals surface area contributed by atoms with E-state index in [-0.39, 0.29) is 42.1 Å². The smallest absolute Gasteiger partial charge is 0.355 e. The molecule has 0 fully saturated rings. The Balaban J connectivity index is 1.32. The number of carbonyl (C=O) groups excluding carboxylic acids is 1. The number of nitro benzene ring substituents is 1. The molecule has 0 aliphatic carbocycles. The summed E-state index contributed by atoms with van der Waals surface area (Å²) < 4.78 is 63.6. The largest absolute Gasteiger partial charge is 0.493 e. The number of nitro groups is 1. The number of sulfonamides is 1. The van der Waals surface area contributed by atoms with Gasteiger partial charge in [0, 0.05) is 60.4 Å². The fraction of sp³-hybridized carbons (Fsp3) is 0.404. The summed E-state index contributed by atoms with van der Waals surface area (Å²) in [5, 5.41) is 19.6. The van der Waals surface area contributed by atoms with Crippen LogP contribution >= 0.6 is 11.6 Å². The van der Waals surface area contributed by atoms with Crippen LogP contribution in [0, 0.1) is 15.9 Å². The maximum Gasteiger partial charge on any atom is 0.355 e. The quantitative estimate of drug-likeness (QED) is 0.0258. The molecule has 13 nitrogen and oxygen atoms in total. The molecule has 0 aliphatic heterocycles. The molecule has 0 saturated carbocycles. The van der Waals surface area contributed by atoms with Crippen molar-refractivity contribution in [1.82, 2.24) is 19.1 Å². The van der Waals surface area contributed by atoms with Crippen molar-refractivity contribution in [2.75, 3.05) is 32.9 Å². The van der Waals surface area contributed by atoms with Gasteiger partial charge in [-0.2, -0.15) is 9.40 Å². The third-order valence-corrected chi connectivity index (χ3v) is 18.9. The Morgan fingerprint density at radius 3 is 2.41 bits per heavy atom. The maximum absolute atomic E-state index is 14.3. The number of aryl methyl sites for hydroxylation is 3. The minimum absolute atomic E-state index is 0.00380. The van der Waals surface area contributed by atoms with E-state index < -0.39 is 34.9 Å². The lowest BCUT2D eigenvalue weighted by molar-refractivity contribution is -0.387. The van der Waals surface area contributed by atoms with Crippen LogP contribution in [0.15, 0.2) is 77.7 Å². The molecule has 0 aliphatic rings. The molecule has 0 spiro atoms. The maximum atomic E-state index is 14.3. The zero-order valence-electron chi connectivity index (χ0n) is 37.7. The number of hydrogen-bond acceptors (Lipinski definition) is 9. The monoisotopic (exact) mass is 933 g/mol. The van der Waals surface area contributed by atoms with Gasteiger partial charge < -0.3 is 18.9 Å². The Kier molecular flexibility index (Phi) is 15.1. The topological polar surface area (TPSA) is 159 Å². The normalized spacial score (nSPS) is 12.4. The molecule has 6 rings (SSSR count). The summed E-state index contributed by atoms with van der Waals surface area (Å²) in [6.07, 6.45) is 2.23. The SMILES string of the molecule is CCOC(=O)c1[nH]c2c(-c3c(CCCN(CCO[Si](C)(C)C(C)(C)C)S(=O)(=O)c4ccccc4[N+](=O)[O-])nn(C)c3CC)c(Cl)ccc2c1CCCOc1cccc2cc(F)ccc12. The van der Waals surface area contributed by atoms with Gasteiger partial charge in [-0.3, -0.25) is 14.8 Å². The third kappa shape index (κ3) is 10.2. The van der Waals surface area contributed by atoms with Gasteiger partial charge in [0.25, 0.3) is 5.69 Å². The molecule has 17 heteroatoms. The van der Waals surface area contributed by atoms with E-state index in [1.54, 1.807) is 23.7 Å². The average molecular weight is 935 g/mol. The number of benzene rings is 4. The van der Waals surface area contributed by atoms with Crippen molar-refractivity contribution in [1.29, 1.82) is 0 Å². The van der Waals surface area contributed by atoms with E-state index in [1.165, 1.54) is 40.7 Å². The van der Waals surface area contributed by atoms with E-state index in [0.29, 0.717) is 72.0 Å². The molecular formula is C47H57ClFN5O8SSi. The minimum Gasteiger partial charge on any atom is -0.493 e. The van der Waals surface area contributed by atoms with Crippen molar-refractivity contribution in [2.45, 2.75) is 89.8 Å². The van der Waals surface area contributed by atoms with Crippen LogP contribution in [0.3, 0.4) is 0 Å². The molecule has 0 bridgehead atoms. The van der Waals surface area contributed by atoms with E-state index in [0.717, 1.165) is 33.0 Å². The Labute approximate surface area is 380 Å². The molecule has 2 aromatic heterocycles. The highest BCUT2D eigenvalue weighted by Crippen LogP contribution is 2.42. The number of fused-ring (bicyclic) bond motifs is 2. The first-order valence-corrected chi connectivity index (χ1v) is 26.3. The van der Waals surface area contributed by atoms with Crippen molar-refractivity contribution in [3.63, 3.8) is 0 Å². The zero-order valence-corrected chi connectivity index (χ0v) is 40.3. The third-order valence-electron chi connectivity index (χ3n) is 12.1. The van der Waals surface area contributed by atoms with Gasteiger partial charge in [-0.15, -0.1) is 0 Å². The van der Waals surface area contributed by atoms with Crippen LogP contribution in [0.2, 0.25) is 23.2 Å². The van der Waals surface area contributed by atoms with Crippen LogP contribution in [-0.2, 0) is 45.5 Å². The van der Waals surface area contributed by atoms with Crippen LogP contribution < -0.4 is 4.74 Å². The Morgan fingerprint density at radius 2 is 1.70 bits per heavy atom. The second-order valence-corrected chi connectivity index (χ2v) is 24.3. The lowest BCUT2D eigenvalue weighted by Gasteiger charge is -2.36. The molecule has 0 amide bonds. The van der Waals surface area contributed by atoms with Crippen LogP contribution in [0.25, 0.3) is 32.8 Å². The first-order chi connectivity index (χ1) is 30.3. The van der Waals surface area contributed by atoms with Crippen molar-refractivity contribution >= 4 is 63.3 Å². The fourth-order valence-electron chi connectivity index (χ4n) is 7.81. The second-order valence-electron chi connectivity index (χ2n) is 17.2. The number of ether oxygens (including phenoxy) is 2. The van der Waals surface area contributed by atoms with Gasteiger partial charge in [-0.25, -0.2) is 17.6 Å². The number of esters is 1. The molecule has 1 N–H and O–H groups in total. The van der Waals surface area contributed by atoms with Gasteiger partial charge in [0.05, 0.1) is 34.4 Å². The number of aromatic amines is 1. The molecule has 4 aromatic carbocycles. The highest BCUT2D eigenvalue weighted by molar-refractivity contribution is 7.89. The molecule has 6 aromatic rings. The number of hydrogen-bond donors (Lipinski definition) is 1. The number of para-hydroxylation sites is 1. The lowest BCUT2D eigenvalue weighted by Crippen LogP contribution is -2.43. The predicted octanol–water partition coefficient (Wildman–Crippen LogP) is 10.8. The summed E-state index contributed by atoms with van der Waals surface area (Å²) >= 11 is 7.11. The number of aromatic nitrogens is 3. The van der Waals surface area contributed by atoms with Crippen LogP contribution in [0.5, 0.6) is 5.75 Å². The summed E-state index contributed by atoms with van der Waals surface area (Å²) in [4.78, 5) is 27.9. The van der Waals surface area contributed by atoms with Gasteiger partial charge in [0.15, 0.2) is 13.2 Å². The van der Waals surface area contributed by atoms with E-state index in [2.05, 4.69) is 38.8 Å². The Hall–Kier alpha value is -5.13. The summed E-state index contributed by atoms with van der Waals surface area (Å²) in [6, 6.07) is 19.1. The van der Waals surface area contributed by atoms with Gasteiger partial charge in [-0.05, 0) is 105 Å². The van der Waals surface area contributed by atoms with Gasteiger partial charge in [0.2, 0.25) is 10.0 Å². The number of rotatable bonds is 20. The van der Waals surface area contributed by atoms with E-state index in [1.807, 2.05) is 38.2 Å². The molecule has 0 radical (unpaired) electrons. The zero-order chi connectivity index (χ0) is 46.6. The van der Waals surface area contributed by atoms with Crippen molar-refractivity contribution < 1.29 is 36.4 Å². The minimum atomic E-state index is -4.33. The first-order valence-electron chi connectivity index (χ1n) is 21.5. The van der Waals surface area contributed by atoms with Gasteiger partial charge in [-0.1, -0.05) is 69.6 Å². The molecule has 2 heterocycles. The number of nitrogens with zero attached hydrogens (tertiary/aromatic N) is 4. The van der Waals surface area contributed by atoms with Crippen molar-refractivity contribution in [3.05, 3.63) is 116 Å². The van der Waals surface area contributed by atoms with E-state index >= 15 is 0 Å². The molecule has 342 valence electrons. The van der Waals surface area contributed by atoms with Crippen LogP contribution in [0.4, 0.5) is 10.1 Å². The molecular weight excluding hydrogens is 877 g/mol. The molecule has 0 saturated heterocycles. The second kappa shape index (κ2) is 19.9.